The monoisotopic (exact) mass is 353 g/mol. The molecule has 1 heterocycles. The van der Waals surface area contributed by atoms with Crippen molar-refractivity contribution in [3.8, 4) is 22.6 Å². The first-order valence-electron chi connectivity index (χ1n) is 7.65. The molecule has 0 bridgehead atoms. The topological polar surface area (TPSA) is 136 Å². The average Bonchev–Trinajstić information content (AvgIpc) is 3.06. The molecular weight excluding hydrogens is 334 g/mol. The van der Waals surface area contributed by atoms with Gasteiger partial charge < -0.3 is 21.9 Å². The molecule has 0 fully saturated rings. The predicted octanol–water partition coefficient (Wildman–Crippen LogP) is 2.12. The minimum absolute atomic E-state index is 0.0869. The van der Waals surface area contributed by atoms with E-state index < -0.39 is 6.03 Å². The molecule has 0 saturated carbocycles. The molecule has 134 valence electrons. The Balaban J connectivity index is 0.00000117. The summed E-state index contributed by atoms with van der Waals surface area (Å²) in [5.41, 5.74) is 12.5. The van der Waals surface area contributed by atoms with Crippen LogP contribution in [0.15, 0.2) is 54.7 Å². The summed E-state index contributed by atoms with van der Waals surface area (Å²) in [6.45, 7) is 0. The van der Waals surface area contributed by atoms with Crippen molar-refractivity contribution in [3.05, 3.63) is 60.4 Å². The number of aromatic hydroxyl groups is 1. The molecule has 0 aliphatic heterocycles. The lowest BCUT2D eigenvalue weighted by molar-refractivity contribution is 0.111. The molecule has 2 amide bonds. The Morgan fingerprint density at radius 1 is 1.15 bits per heavy atom. The van der Waals surface area contributed by atoms with Gasteiger partial charge in [0.25, 0.3) is 0 Å². The van der Waals surface area contributed by atoms with Crippen LogP contribution in [0.2, 0.25) is 0 Å². The van der Waals surface area contributed by atoms with Crippen molar-refractivity contribution in [2.75, 3.05) is 12.4 Å². The van der Waals surface area contributed by atoms with Gasteiger partial charge in [0.2, 0.25) is 0 Å². The van der Waals surface area contributed by atoms with Gasteiger partial charge in [-0.25, -0.2) is 9.48 Å². The van der Waals surface area contributed by atoms with E-state index in [0.29, 0.717) is 12.0 Å². The Kier molecular flexibility index (Phi) is 6.07. The number of phenols is 1. The van der Waals surface area contributed by atoms with E-state index in [4.69, 9.17) is 5.73 Å². The van der Waals surface area contributed by atoms with Crippen LogP contribution in [0.4, 0.5) is 10.5 Å². The first-order chi connectivity index (χ1) is 12.6. The van der Waals surface area contributed by atoms with Crippen LogP contribution < -0.4 is 16.8 Å². The molecule has 8 heteroatoms. The van der Waals surface area contributed by atoms with Crippen molar-refractivity contribution < 1.29 is 14.7 Å². The number of amides is 2. The summed E-state index contributed by atoms with van der Waals surface area (Å²) in [7, 11) is 1.50. The highest BCUT2D eigenvalue weighted by atomic mass is 16.3. The van der Waals surface area contributed by atoms with Gasteiger partial charge >= 0.3 is 6.03 Å². The third-order valence-corrected chi connectivity index (χ3v) is 3.42. The minimum Gasteiger partial charge on any atom is -0.508 e. The van der Waals surface area contributed by atoms with E-state index in [-0.39, 0.29) is 17.1 Å². The number of rotatable bonds is 4. The number of benzene rings is 2. The van der Waals surface area contributed by atoms with Gasteiger partial charge in [-0.15, -0.1) is 0 Å². The van der Waals surface area contributed by atoms with Crippen molar-refractivity contribution in [3.63, 3.8) is 0 Å². The maximum Gasteiger partial charge on any atom is 0.316 e. The zero-order valence-corrected chi connectivity index (χ0v) is 14.1. The second-order valence-corrected chi connectivity index (χ2v) is 5.08. The van der Waals surface area contributed by atoms with Gasteiger partial charge in [0.1, 0.15) is 11.4 Å². The quantitative estimate of drug-likeness (QED) is 0.533. The molecule has 3 aromatic rings. The van der Waals surface area contributed by atoms with Crippen LogP contribution in [-0.2, 0) is 0 Å². The molecular formula is C18H19N5O3. The van der Waals surface area contributed by atoms with Gasteiger partial charge in [-0.1, -0.05) is 24.3 Å². The predicted molar refractivity (Wildman–Crippen MR) is 99.4 cm³/mol. The number of nitrogens with one attached hydrogen (secondary N) is 1. The van der Waals surface area contributed by atoms with Gasteiger partial charge in [0.15, 0.2) is 6.29 Å². The maximum atomic E-state index is 11.1. The highest BCUT2D eigenvalue weighted by Gasteiger charge is 2.11. The van der Waals surface area contributed by atoms with Gasteiger partial charge in [0, 0.05) is 0 Å². The number of carbonyl (C=O) groups excluding carboxylic acids is 2. The van der Waals surface area contributed by atoms with Crippen LogP contribution in [0.3, 0.4) is 0 Å². The molecule has 2 aromatic carbocycles. The average molecular weight is 353 g/mol. The summed E-state index contributed by atoms with van der Waals surface area (Å²) in [5.74, 6) is 0.194. The van der Waals surface area contributed by atoms with Gasteiger partial charge in [0.05, 0.1) is 17.6 Å². The third-order valence-electron chi connectivity index (χ3n) is 3.42. The summed E-state index contributed by atoms with van der Waals surface area (Å²) >= 11 is 0. The summed E-state index contributed by atoms with van der Waals surface area (Å²) in [6.07, 6.45) is 2.07. The highest BCUT2D eigenvalue weighted by molar-refractivity contribution is 5.93. The lowest BCUT2D eigenvalue weighted by atomic mass is 10.1. The smallest absolute Gasteiger partial charge is 0.316 e. The van der Waals surface area contributed by atoms with E-state index in [1.807, 2.05) is 24.3 Å². The number of aromatic nitrogens is 2. The molecule has 3 rings (SSSR count). The van der Waals surface area contributed by atoms with E-state index >= 15 is 0 Å². The van der Waals surface area contributed by atoms with Crippen molar-refractivity contribution in [2.24, 2.45) is 11.5 Å². The van der Waals surface area contributed by atoms with Gasteiger partial charge in [-0.2, -0.15) is 5.10 Å². The molecule has 8 nitrogen and oxygen atoms in total. The largest absolute Gasteiger partial charge is 0.508 e. The van der Waals surface area contributed by atoms with Gasteiger partial charge in [-0.05, 0) is 42.4 Å². The van der Waals surface area contributed by atoms with E-state index in [2.05, 4.69) is 16.1 Å². The molecule has 1 aromatic heterocycles. The molecule has 0 aliphatic rings. The van der Waals surface area contributed by atoms with Crippen LogP contribution in [0.25, 0.3) is 16.8 Å². The molecule has 0 radical (unpaired) electrons. The SMILES string of the molecule is CN.NC(=O)Nc1cn(-c2cccc(-c3ccc(O)cc3)c2)nc1C=O. The fourth-order valence-electron chi connectivity index (χ4n) is 2.32. The molecule has 0 spiro atoms. The molecule has 0 atom stereocenters. The maximum absolute atomic E-state index is 11.1. The minimum atomic E-state index is -0.768. The Morgan fingerprint density at radius 2 is 1.85 bits per heavy atom. The fraction of sp³-hybridized carbons (Fsp3) is 0.0556. The summed E-state index contributed by atoms with van der Waals surface area (Å²) in [6, 6.07) is 13.5. The number of anilines is 1. The number of primary amides is 1. The standard InChI is InChI=1S/C17H14N4O3.CH5N/c18-17(24)19-15-9-21(20-16(15)10-22)13-3-1-2-12(8-13)11-4-6-14(23)7-5-11;1-2/h1-10,23H,(H3,18,19,24);2H2,1H3. The van der Waals surface area contributed by atoms with Gasteiger partial charge in [-0.3, -0.25) is 4.79 Å². The summed E-state index contributed by atoms with van der Waals surface area (Å²) in [4.78, 5) is 22.1. The normalized spacial score (nSPS) is 9.77. The van der Waals surface area contributed by atoms with Crippen LogP contribution in [0, 0.1) is 0 Å². The van der Waals surface area contributed by atoms with Crippen molar-refractivity contribution in [1.82, 2.24) is 9.78 Å². The Labute approximate surface area is 150 Å². The molecule has 26 heavy (non-hydrogen) atoms. The summed E-state index contributed by atoms with van der Waals surface area (Å²) < 4.78 is 1.49. The van der Waals surface area contributed by atoms with E-state index in [1.165, 1.54) is 17.9 Å². The molecule has 0 saturated heterocycles. The molecule has 0 unspecified atom stereocenters. The van der Waals surface area contributed by atoms with Crippen molar-refractivity contribution >= 4 is 18.0 Å². The molecule has 0 aliphatic carbocycles. The number of nitrogens with zero attached hydrogens (tertiary/aromatic N) is 2. The summed E-state index contributed by atoms with van der Waals surface area (Å²) in [5, 5.41) is 15.9. The van der Waals surface area contributed by atoms with Crippen LogP contribution in [-0.4, -0.2) is 34.3 Å². The third kappa shape index (κ3) is 4.25. The van der Waals surface area contributed by atoms with Crippen LogP contribution >= 0.6 is 0 Å². The number of nitrogens with two attached hydrogens (primary N) is 2. The van der Waals surface area contributed by atoms with Crippen LogP contribution in [0.5, 0.6) is 5.75 Å². The number of hydrogen-bond acceptors (Lipinski definition) is 5. The Hall–Kier alpha value is -3.65. The number of phenolic OH excluding ortho intramolecular Hbond substituents is 1. The van der Waals surface area contributed by atoms with Crippen LogP contribution in [0.1, 0.15) is 10.5 Å². The van der Waals surface area contributed by atoms with Crippen molar-refractivity contribution in [1.29, 1.82) is 0 Å². The zero-order chi connectivity index (χ0) is 19.1. The fourth-order valence-corrected chi connectivity index (χ4v) is 2.32. The Morgan fingerprint density at radius 3 is 2.46 bits per heavy atom. The zero-order valence-electron chi connectivity index (χ0n) is 14.1. The number of hydrogen-bond donors (Lipinski definition) is 4. The first kappa shape index (κ1) is 18.7. The number of carbonyl (C=O) groups is 2. The second kappa shape index (κ2) is 8.45. The van der Waals surface area contributed by atoms with E-state index in [9.17, 15) is 14.7 Å². The van der Waals surface area contributed by atoms with E-state index in [0.717, 1.165) is 11.1 Å². The highest BCUT2D eigenvalue weighted by Crippen LogP contribution is 2.24. The Bertz CT molecular complexity index is 903. The second-order valence-electron chi connectivity index (χ2n) is 5.08. The number of aldehydes is 1. The molecule has 6 N–H and O–H groups in total. The first-order valence-corrected chi connectivity index (χ1v) is 7.65. The number of urea groups is 1. The van der Waals surface area contributed by atoms with Crippen molar-refractivity contribution in [2.45, 2.75) is 0 Å². The van der Waals surface area contributed by atoms with E-state index in [1.54, 1.807) is 24.3 Å². The lowest BCUT2D eigenvalue weighted by Gasteiger charge is -2.06. The lowest BCUT2D eigenvalue weighted by Crippen LogP contribution is -2.19.